The van der Waals surface area contributed by atoms with Gasteiger partial charge in [0.15, 0.2) is 0 Å². The normalized spacial score (nSPS) is 14.3. The van der Waals surface area contributed by atoms with Crippen LogP contribution in [-0.2, 0) is 4.79 Å². The molecule has 0 fully saturated rings. The largest absolute Gasteiger partial charge is 0.393 e. The van der Waals surface area contributed by atoms with Gasteiger partial charge in [0.25, 0.3) is 0 Å². The molecule has 0 aliphatic rings. The molecule has 1 amide bonds. The molecule has 0 aliphatic carbocycles. The van der Waals surface area contributed by atoms with Gasteiger partial charge in [-0.1, -0.05) is 19.1 Å². The molecule has 0 bridgehead atoms. The monoisotopic (exact) mass is 265 g/mol. The highest BCUT2D eigenvalue weighted by Gasteiger charge is 2.06. The van der Waals surface area contributed by atoms with Crippen molar-refractivity contribution in [2.24, 2.45) is 5.92 Å². The SMILES string of the molecule is CC(O)CC(C)CNC(=O)C=Cc1cccc(F)c1. The Hall–Kier alpha value is -1.68. The summed E-state index contributed by atoms with van der Waals surface area (Å²) in [6, 6.07) is 6.04. The summed E-state index contributed by atoms with van der Waals surface area (Å²) < 4.78 is 12.9. The Kier molecular flexibility index (Phi) is 6.22. The van der Waals surface area contributed by atoms with Gasteiger partial charge < -0.3 is 10.4 Å². The summed E-state index contributed by atoms with van der Waals surface area (Å²) in [7, 11) is 0. The summed E-state index contributed by atoms with van der Waals surface area (Å²) in [5.74, 6) is -0.332. The maximum absolute atomic E-state index is 12.9. The van der Waals surface area contributed by atoms with Crippen molar-refractivity contribution in [2.75, 3.05) is 6.54 Å². The first kappa shape index (κ1) is 15.4. The molecule has 1 rings (SSSR count). The molecule has 0 aromatic heterocycles. The number of aliphatic hydroxyl groups is 1. The average molecular weight is 265 g/mol. The molecule has 0 heterocycles. The lowest BCUT2D eigenvalue weighted by Gasteiger charge is -2.13. The number of aliphatic hydroxyl groups excluding tert-OH is 1. The van der Waals surface area contributed by atoms with Crippen LogP contribution in [0, 0.1) is 11.7 Å². The van der Waals surface area contributed by atoms with Crippen LogP contribution in [0.25, 0.3) is 6.08 Å². The van der Waals surface area contributed by atoms with Crippen LogP contribution in [0.15, 0.2) is 30.3 Å². The quantitative estimate of drug-likeness (QED) is 0.776. The molecular formula is C15H20FNO2. The third-order valence-electron chi connectivity index (χ3n) is 2.64. The van der Waals surface area contributed by atoms with Crippen molar-refractivity contribution in [2.45, 2.75) is 26.4 Å². The Balaban J connectivity index is 2.39. The highest BCUT2D eigenvalue weighted by atomic mass is 19.1. The van der Waals surface area contributed by atoms with Gasteiger partial charge in [-0.2, -0.15) is 0 Å². The number of rotatable bonds is 6. The summed E-state index contributed by atoms with van der Waals surface area (Å²) in [6.45, 7) is 4.20. The number of amides is 1. The number of carbonyl (C=O) groups excluding carboxylic acids is 1. The van der Waals surface area contributed by atoms with Gasteiger partial charge in [0, 0.05) is 12.6 Å². The van der Waals surface area contributed by atoms with Crippen molar-refractivity contribution in [1.29, 1.82) is 0 Å². The van der Waals surface area contributed by atoms with Crippen LogP contribution < -0.4 is 5.32 Å². The minimum Gasteiger partial charge on any atom is -0.393 e. The second-order valence-corrected chi connectivity index (χ2v) is 4.82. The number of carbonyl (C=O) groups is 1. The van der Waals surface area contributed by atoms with Gasteiger partial charge in [0.2, 0.25) is 5.91 Å². The Labute approximate surface area is 113 Å². The summed E-state index contributed by atoms with van der Waals surface area (Å²) in [5.41, 5.74) is 0.646. The van der Waals surface area contributed by atoms with Crippen molar-refractivity contribution in [1.82, 2.24) is 5.32 Å². The number of halogens is 1. The molecule has 2 N–H and O–H groups in total. The van der Waals surface area contributed by atoms with E-state index in [2.05, 4.69) is 5.32 Å². The summed E-state index contributed by atoms with van der Waals surface area (Å²) in [6.07, 6.45) is 3.23. The van der Waals surface area contributed by atoms with Crippen molar-refractivity contribution in [3.05, 3.63) is 41.7 Å². The molecule has 1 aromatic carbocycles. The lowest BCUT2D eigenvalue weighted by molar-refractivity contribution is -0.116. The number of benzene rings is 1. The fourth-order valence-corrected chi connectivity index (χ4v) is 1.78. The lowest BCUT2D eigenvalue weighted by Crippen LogP contribution is -2.27. The Morgan fingerprint density at radius 2 is 2.21 bits per heavy atom. The van der Waals surface area contributed by atoms with Crippen LogP contribution in [0.2, 0.25) is 0 Å². The Morgan fingerprint density at radius 1 is 1.47 bits per heavy atom. The standard InChI is InChI=1S/C15H20FNO2/c1-11(8-12(2)18)10-17-15(19)7-6-13-4-3-5-14(16)9-13/h3-7,9,11-12,18H,8,10H2,1-2H3,(H,17,19). The molecule has 0 saturated heterocycles. The fourth-order valence-electron chi connectivity index (χ4n) is 1.78. The molecule has 0 saturated carbocycles. The zero-order valence-electron chi connectivity index (χ0n) is 11.3. The van der Waals surface area contributed by atoms with Crippen molar-refractivity contribution >= 4 is 12.0 Å². The number of hydrogen-bond donors (Lipinski definition) is 2. The molecule has 104 valence electrons. The van der Waals surface area contributed by atoms with Crippen LogP contribution in [0.4, 0.5) is 4.39 Å². The molecule has 1 aromatic rings. The fraction of sp³-hybridized carbons (Fsp3) is 0.400. The molecule has 19 heavy (non-hydrogen) atoms. The zero-order chi connectivity index (χ0) is 14.3. The number of nitrogens with one attached hydrogen (secondary N) is 1. The van der Waals surface area contributed by atoms with Crippen LogP contribution in [0.3, 0.4) is 0 Å². The predicted molar refractivity (Wildman–Crippen MR) is 73.9 cm³/mol. The topological polar surface area (TPSA) is 49.3 Å². The van der Waals surface area contributed by atoms with Crippen molar-refractivity contribution in [3.8, 4) is 0 Å². The van der Waals surface area contributed by atoms with Gasteiger partial charge in [-0.15, -0.1) is 0 Å². The minimum atomic E-state index is -0.366. The smallest absolute Gasteiger partial charge is 0.244 e. The second kappa shape index (κ2) is 7.69. The lowest BCUT2D eigenvalue weighted by atomic mass is 10.0. The number of hydrogen-bond acceptors (Lipinski definition) is 2. The van der Waals surface area contributed by atoms with Crippen molar-refractivity contribution < 1.29 is 14.3 Å². The summed E-state index contributed by atoms with van der Waals surface area (Å²) in [5, 5.41) is 11.9. The first-order valence-electron chi connectivity index (χ1n) is 6.37. The molecule has 2 unspecified atom stereocenters. The molecule has 0 aliphatic heterocycles. The third kappa shape index (κ3) is 6.72. The van der Waals surface area contributed by atoms with Gasteiger partial charge in [0.05, 0.1) is 6.10 Å². The van der Waals surface area contributed by atoms with E-state index in [0.717, 1.165) is 0 Å². The molecule has 0 radical (unpaired) electrons. The van der Waals surface area contributed by atoms with Crippen LogP contribution in [-0.4, -0.2) is 23.7 Å². The van der Waals surface area contributed by atoms with Gasteiger partial charge in [0.1, 0.15) is 5.82 Å². The van der Waals surface area contributed by atoms with Gasteiger partial charge in [-0.05, 0) is 43.0 Å². The van der Waals surface area contributed by atoms with Crippen LogP contribution in [0.1, 0.15) is 25.8 Å². The molecule has 2 atom stereocenters. The zero-order valence-corrected chi connectivity index (χ0v) is 11.3. The Bertz CT molecular complexity index is 444. The highest BCUT2D eigenvalue weighted by molar-refractivity contribution is 5.91. The van der Waals surface area contributed by atoms with Crippen molar-refractivity contribution in [3.63, 3.8) is 0 Å². The Morgan fingerprint density at radius 3 is 2.84 bits per heavy atom. The summed E-state index contributed by atoms with van der Waals surface area (Å²) in [4.78, 5) is 11.5. The second-order valence-electron chi connectivity index (χ2n) is 4.82. The predicted octanol–water partition coefficient (Wildman–Crippen LogP) is 2.36. The minimum absolute atomic E-state index is 0.214. The summed E-state index contributed by atoms with van der Waals surface area (Å²) >= 11 is 0. The molecular weight excluding hydrogens is 245 g/mol. The van der Waals surface area contributed by atoms with E-state index in [1.165, 1.54) is 18.2 Å². The van der Waals surface area contributed by atoms with E-state index < -0.39 is 0 Å². The molecule has 0 spiro atoms. The van der Waals surface area contributed by atoms with E-state index in [-0.39, 0.29) is 23.7 Å². The molecule has 3 nitrogen and oxygen atoms in total. The highest BCUT2D eigenvalue weighted by Crippen LogP contribution is 2.06. The van der Waals surface area contributed by atoms with E-state index in [0.29, 0.717) is 18.5 Å². The van der Waals surface area contributed by atoms with E-state index in [4.69, 9.17) is 0 Å². The van der Waals surface area contributed by atoms with Crippen LogP contribution in [0.5, 0.6) is 0 Å². The first-order valence-corrected chi connectivity index (χ1v) is 6.37. The molecule has 4 heteroatoms. The van der Waals surface area contributed by atoms with Gasteiger partial charge in [-0.25, -0.2) is 4.39 Å². The van der Waals surface area contributed by atoms with Crippen LogP contribution >= 0.6 is 0 Å². The van der Waals surface area contributed by atoms with E-state index in [1.54, 1.807) is 25.1 Å². The van der Waals surface area contributed by atoms with E-state index in [9.17, 15) is 14.3 Å². The average Bonchev–Trinajstić information content (AvgIpc) is 2.33. The van der Waals surface area contributed by atoms with Gasteiger partial charge >= 0.3 is 0 Å². The van der Waals surface area contributed by atoms with E-state index in [1.807, 2.05) is 6.92 Å². The maximum Gasteiger partial charge on any atom is 0.244 e. The maximum atomic E-state index is 12.9. The third-order valence-corrected chi connectivity index (χ3v) is 2.64. The van der Waals surface area contributed by atoms with Gasteiger partial charge in [-0.3, -0.25) is 4.79 Å². The first-order chi connectivity index (χ1) is 8.97. The van der Waals surface area contributed by atoms with E-state index >= 15 is 0 Å².